The second kappa shape index (κ2) is 6.41. The summed E-state index contributed by atoms with van der Waals surface area (Å²) in [6, 6.07) is 13.7. The van der Waals surface area contributed by atoms with Crippen molar-refractivity contribution in [3.05, 3.63) is 64.7 Å². The van der Waals surface area contributed by atoms with E-state index in [1.165, 1.54) is 4.90 Å². The number of anilines is 1. The number of aryl methyl sites for hydroxylation is 1. The van der Waals surface area contributed by atoms with Crippen LogP contribution in [0.5, 0.6) is 0 Å². The highest BCUT2D eigenvalue weighted by Gasteiger charge is 2.21. The van der Waals surface area contributed by atoms with E-state index in [2.05, 4.69) is 0 Å². The van der Waals surface area contributed by atoms with Crippen molar-refractivity contribution in [3.63, 3.8) is 0 Å². The fourth-order valence-corrected chi connectivity index (χ4v) is 2.17. The van der Waals surface area contributed by atoms with Crippen LogP contribution in [0.25, 0.3) is 0 Å². The lowest BCUT2D eigenvalue weighted by molar-refractivity contribution is -0.135. The largest absolute Gasteiger partial charge is 0.480 e. The topological polar surface area (TPSA) is 57.6 Å². The van der Waals surface area contributed by atoms with Crippen LogP contribution in [-0.2, 0) is 4.79 Å². The van der Waals surface area contributed by atoms with Gasteiger partial charge in [-0.05, 0) is 36.8 Å². The molecule has 108 valence electrons. The Hall–Kier alpha value is -2.33. The number of carboxylic acids is 1. The van der Waals surface area contributed by atoms with Crippen LogP contribution in [0, 0.1) is 6.92 Å². The van der Waals surface area contributed by atoms with Gasteiger partial charge in [-0.25, -0.2) is 0 Å². The fourth-order valence-electron chi connectivity index (χ4n) is 1.99. The first-order chi connectivity index (χ1) is 9.99. The van der Waals surface area contributed by atoms with Crippen molar-refractivity contribution in [3.8, 4) is 0 Å². The molecule has 0 saturated carbocycles. The third-order valence-electron chi connectivity index (χ3n) is 3.04. The molecule has 5 heteroatoms. The predicted molar refractivity (Wildman–Crippen MR) is 81.9 cm³/mol. The lowest BCUT2D eigenvalue weighted by Gasteiger charge is -2.22. The van der Waals surface area contributed by atoms with Crippen LogP contribution in [0.1, 0.15) is 15.9 Å². The molecule has 0 unspecified atom stereocenters. The molecule has 2 aromatic carbocycles. The maximum Gasteiger partial charge on any atom is 0.323 e. The predicted octanol–water partition coefficient (Wildman–Crippen LogP) is 3.38. The lowest BCUT2D eigenvalue weighted by atomic mass is 10.1. The van der Waals surface area contributed by atoms with Gasteiger partial charge in [0.2, 0.25) is 0 Å². The quantitative estimate of drug-likeness (QED) is 0.942. The van der Waals surface area contributed by atoms with Crippen molar-refractivity contribution in [2.75, 3.05) is 11.4 Å². The van der Waals surface area contributed by atoms with Gasteiger partial charge < -0.3 is 5.11 Å². The van der Waals surface area contributed by atoms with Gasteiger partial charge >= 0.3 is 5.97 Å². The monoisotopic (exact) mass is 303 g/mol. The zero-order chi connectivity index (χ0) is 15.4. The summed E-state index contributed by atoms with van der Waals surface area (Å²) in [4.78, 5) is 24.9. The van der Waals surface area contributed by atoms with Gasteiger partial charge in [-0.2, -0.15) is 0 Å². The summed E-state index contributed by atoms with van der Waals surface area (Å²) < 4.78 is 0. The number of carbonyl (C=O) groups is 2. The molecule has 0 fully saturated rings. The van der Waals surface area contributed by atoms with Crippen molar-refractivity contribution in [1.82, 2.24) is 0 Å². The maximum absolute atomic E-state index is 12.7. The molecule has 0 aliphatic rings. The molecule has 0 heterocycles. The van der Waals surface area contributed by atoms with E-state index in [0.29, 0.717) is 16.3 Å². The number of rotatable bonds is 4. The molecule has 1 amide bonds. The number of carboxylic acid groups (broad SMARTS) is 1. The van der Waals surface area contributed by atoms with Gasteiger partial charge in [0, 0.05) is 16.3 Å². The number of para-hydroxylation sites is 1. The molecule has 0 atom stereocenters. The Labute approximate surface area is 127 Å². The molecule has 2 rings (SSSR count). The van der Waals surface area contributed by atoms with E-state index in [4.69, 9.17) is 16.7 Å². The minimum absolute atomic E-state index is 0.386. The maximum atomic E-state index is 12.7. The van der Waals surface area contributed by atoms with Gasteiger partial charge in [-0.3, -0.25) is 14.5 Å². The number of halogens is 1. The summed E-state index contributed by atoms with van der Waals surface area (Å²) in [6.45, 7) is 1.38. The first-order valence-corrected chi connectivity index (χ1v) is 6.71. The molecule has 0 radical (unpaired) electrons. The molecular formula is C16H14ClNO3. The smallest absolute Gasteiger partial charge is 0.323 e. The summed E-state index contributed by atoms with van der Waals surface area (Å²) >= 11 is 5.93. The van der Waals surface area contributed by atoms with E-state index in [-0.39, 0.29) is 5.91 Å². The van der Waals surface area contributed by atoms with E-state index < -0.39 is 12.5 Å². The summed E-state index contributed by atoms with van der Waals surface area (Å²) in [5.41, 5.74) is 1.67. The number of benzene rings is 2. The number of amides is 1. The average molecular weight is 304 g/mol. The summed E-state index contributed by atoms with van der Waals surface area (Å²) in [7, 11) is 0. The zero-order valence-corrected chi connectivity index (χ0v) is 12.2. The van der Waals surface area contributed by atoms with Gasteiger partial charge in [0.1, 0.15) is 6.54 Å². The molecule has 0 bridgehead atoms. The third kappa shape index (κ3) is 3.61. The second-order valence-corrected chi connectivity index (χ2v) is 5.02. The van der Waals surface area contributed by atoms with Crippen molar-refractivity contribution < 1.29 is 14.7 Å². The van der Waals surface area contributed by atoms with Crippen molar-refractivity contribution in [1.29, 1.82) is 0 Å². The molecule has 0 aliphatic carbocycles. The van der Waals surface area contributed by atoms with Gasteiger partial charge in [0.15, 0.2) is 0 Å². The van der Waals surface area contributed by atoms with Crippen molar-refractivity contribution in [2.45, 2.75) is 6.92 Å². The standard InChI is InChI=1S/C16H14ClNO3/c1-11-7-8-12(17)9-14(11)16(21)18(10-15(19)20)13-5-3-2-4-6-13/h2-9H,10H2,1H3,(H,19,20). The van der Waals surface area contributed by atoms with Crippen molar-refractivity contribution in [2.24, 2.45) is 0 Å². The molecule has 21 heavy (non-hydrogen) atoms. The van der Waals surface area contributed by atoms with E-state index in [1.54, 1.807) is 55.5 Å². The minimum atomic E-state index is -1.08. The lowest BCUT2D eigenvalue weighted by Crippen LogP contribution is -2.36. The average Bonchev–Trinajstić information content (AvgIpc) is 2.47. The Morgan fingerprint density at radius 2 is 1.81 bits per heavy atom. The Kier molecular flexibility index (Phi) is 4.60. The SMILES string of the molecule is Cc1ccc(Cl)cc1C(=O)N(CC(=O)O)c1ccccc1. The van der Waals surface area contributed by atoms with Gasteiger partial charge in [0.05, 0.1) is 0 Å². The fraction of sp³-hybridized carbons (Fsp3) is 0.125. The summed E-state index contributed by atoms with van der Waals surface area (Å²) in [5.74, 6) is -1.46. The molecule has 4 nitrogen and oxygen atoms in total. The molecule has 0 aromatic heterocycles. The van der Waals surface area contributed by atoms with E-state index in [0.717, 1.165) is 5.56 Å². The molecule has 0 saturated heterocycles. The number of carbonyl (C=O) groups excluding carboxylic acids is 1. The highest BCUT2D eigenvalue weighted by molar-refractivity contribution is 6.31. The summed E-state index contributed by atoms with van der Waals surface area (Å²) in [6.07, 6.45) is 0. The third-order valence-corrected chi connectivity index (χ3v) is 3.27. The van der Waals surface area contributed by atoms with Gasteiger partial charge in [-0.1, -0.05) is 35.9 Å². The first-order valence-electron chi connectivity index (χ1n) is 6.34. The molecule has 0 spiro atoms. The molecular weight excluding hydrogens is 290 g/mol. The van der Waals surface area contributed by atoms with E-state index in [1.807, 2.05) is 0 Å². The number of hydrogen-bond acceptors (Lipinski definition) is 2. The van der Waals surface area contributed by atoms with Crippen LogP contribution in [0.3, 0.4) is 0 Å². The first kappa shape index (κ1) is 15.1. The van der Waals surface area contributed by atoms with E-state index >= 15 is 0 Å². The minimum Gasteiger partial charge on any atom is -0.480 e. The van der Waals surface area contributed by atoms with Crippen LogP contribution in [0.2, 0.25) is 5.02 Å². The van der Waals surface area contributed by atoms with Gasteiger partial charge in [0.25, 0.3) is 5.91 Å². The number of nitrogens with zero attached hydrogens (tertiary/aromatic N) is 1. The Bertz CT molecular complexity index is 670. The Balaban J connectivity index is 2.43. The molecule has 1 N–H and O–H groups in total. The normalized spacial score (nSPS) is 10.2. The van der Waals surface area contributed by atoms with Crippen LogP contribution >= 0.6 is 11.6 Å². The van der Waals surface area contributed by atoms with Crippen LogP contribution in [-0.4, -0.2) is 23.5 Å². The number of aliphatic carboxylic acids is 1. The van der Waals surface area contributed by atoms with Crippen LogP contribution in [0.15, 0.2) is 48.5 Å². The van der Waals surface area contributed by atoms with Crippen LogP contribution in [0.4, 0.5) is 5.69 Å². The highest BCUT2D eigenvalue weighted by atomic mass is 35.5. The number of hydrogen-bond donors (Lipinski definition) is 1. The summed E-state index contributed by atoms with van der Waals surface area (Å²) in [5, 5.41) is 9.48. The van der Waals surface area contributed by atoms with Crippen LogP contribution < -0.4 is 4.90 Å². The Morgan fingerprint density at radius 1 is 1.14 bits per heavy atom. The molecule has 2 aromatic rings. The molecule has 0 aliphatic heterocycles. The Morgan fingerprint density at radius 3 is 2.43 bits per heavy atom. The second-order valence-electron chi connectivity index (χ2n) is 4.58. The van der Waals surface area contributed by atoms with Crippen molar-refractivity contribution >= 4 is 29.2 Å². The van der Waals surface area contributed by atoms with E-state index in [9.17, 15) is 9.59 Å². The van der Waals surface area contributed by atoms with Gasteiger partial charge in [-0.15, -0.1) is 0 Å². The highest BCUT2D eigenvalue weighted by Crippen LogP contribution is 2.21. The zero-order valence-electron chi connectivity index (χ0n) is 11.4.